The summed E-state index contributed by atoms with van der Waals surface area (Å²) in [6, 6.07) is 0. The van der Waals surface area contributed by atoms with Gasteiger partial charge in [-0.3, -0.25) is 4.79 Å². The number of hydrogen-bond donors (Lipinski definition) is 1. The Labute approximate surface area is 103 Å². The van der Waals surface area contributed by atoms with Gasteiger partial charge in [0.15, 0.2) is 0 Å². The van der Waals surface area contributed by atoms with Gasteiger partial charge in [-0.1, -0.05) is 13.3 Å². The predicted molar refractivity (Wildman–Crippen MR) is 66.4 cm³/mol. The van der Waals surface area contributed by atoms with Gasteiger partial charge in [0.05, 0.1) is 0 Å². The maximum absolute atomic E-state index is 11.9. The van der Waals surface area contributed by atoms with Crippen LogP contribution in [0.3, 0.4) is 0 Å². The van der Waals surface area contributed by atoms with Gasteiger partial charge in [0.2, 0.25) is 5.91 Å². The summed E-state index contributed by atoms with van der Waals surface area (Å²) in [7, 11) is 0. The van der Waals surface area contributed by atoms with E-state index in [0.29, 0.717) is 23.6 Å². The van der Waals surface area contributed by atoms with E-state index < -0.39 is 0 Å². The second-order valence-corrected chi connectivity index (χ2v) is 5.80. The Morgan fingerprint density at radius 2 is 2.06 bits per heavy atom. The Kier molecular flexibility index (Phi) is 4.12. The molecular formula is C13H22ClNO. The van der Waals surface area contributed by atoms with Crippen LogP contribution >= 0.6 is 11.6 Å². The van der Waals surface area contributed by atoms with Gasteiger partial charge in [-0.2, -0.15) is 0 Å². The first-order valence-corrected chi connectivity index (χ1v) is 7.11. The lowest BCUT2D eigenvalue weighted by molar-refractivity contribution is -0.125. The van der Waals surface area contributed by atoms with Crippen molar-refractivity contribution in [3.05, 3.63) is 0 Å². The number of rotatable bonds is 6. The number of carbonyl (C=O) groups excluding carboxylic acids is 1. The Morgan fingerprint density at radius 1 is 1.38 bits per heavy atom. The summed E-state index contributed by atoms with van der Waals surface area (Å²) in [6.45, 7) is 2.97. The average molecular weight is 244 g/mol. The number of alkyl halides is 1. The van der Waals surface area contributed by atoms with E-state index in [9.17, 15) is 4.79 Å². The van der Waals surface area contributed by atoms with Crippen LogP contribution in [0.5, 0.6) is 0 Å². The van der Waals surface area contributed by atoms with Crippen molar-refractivity contribution in [1.82, 2.24) is 5.32 Å². The SMILES string of the molecule is CCC(CCCl)CNC(=O)C1CC2CC2C1. The summed E-state index contributed by atoms with van der Waals surface area (Å²) in [6.07, 6.45) is 5.77. The molecule has 2 aliphatic carbocycles. The normalized spacial score (nSPS) is 33.2. The van der Waals surface area contributed by atoms with E-state index in [1.807, 2.05) is 0 Å². The second kappa shape index (κ2) is 5.39. The zero-order valence-electron chi connectivity index (χ0n) is 10.0. The summed E-state index contributed by atoms with van der Waals surface area (Å²) in [5.74, 6) is 3.64. The molecule has 0 saturated heterocycles. The Morgan fingerprint density at radius 3 is 2.62 bits per heavy atom. The van der Waals surface area contributed by atoms with Crippen molar-refractivity contribution < 1.29 is 4.79 Å². The number of hydrogen-bond acceptors (Lipinski definition) is 1. The van der Waals surface area contributed by atoms with Crippen LogP contribution < -0.4 is 5.32 Å². The smallest absolute Gasteiger partial charge is 0.223 e. The molecule has 2 nitrogen and oxygen atoms in total. The van der Waals surface area contributed by atoms with Gasteiger partial charge in [0.1, 0.15) is 0 Å². The van der Waals surface area contributed by atoms with E-state index in [1.54, 1.807) is 0 Å². The van der Waals surface area contributed by atoms with Crippen LogP contribution in [-0.2, 0) is 4.79 Å². The van der Waals surface area contributed by atoms with Gasteiger partial charge >= 0.3 is 0 Å². The number of carbonyl (C=O) groups is 1. The highest BCUT2D eigenvalue weighted by atomic mass is 35.5. The molecule has 92 valence electrons. The topological polar surface area (TPSA) is 29.1 Å². The molecule has 1 N–H and O–H groups in total. The molecule has 0 radical (unpaired) electrons. The Bertz CT molecular complexity index is 246. The summed E-state index contributed by atoms with van der Waals surface area (Å²) in [5, 5.41) is 3.10. The van der Waals surface area contributed by atoms with Crippen LogP contribution in [0.4, 0.5) is 0 Å². The molecule has 3 heteroatoms. The largest absolute Gasteiger partial charge is 0.356 e. The second-order valence-electron chi connectivity index (χ2n) is 5.42. The highest BCUT2D eigenvalue weighted by Gasteiger charge is 2.47. The van der Waals surface area contributed by atoms with Crippen LogP contribution in [0.2, 0.25) is 0 Å². The molecule has 1 amide bonds. The molecule has 2 saturated carbocycles. The third-order valence-electron chi connectivity index (χ3n) is 4.27. The van der Waals surface area contributed by atoms with Crippen LogP contribution in [-0.4, -0.2) is 18.3 Å². The highest BCUT2D eigenvalue weighted by Crippen LogP contribution is 2.54. The molecule has 2 aliphatic rings. The van der Waals surface area contributed by atoms with Crippen molar-refractivity contribution in [2.24, 2.45) is 23.7 Å². The molecule has 0 aromatic heterocycles. The van der Waals surface area contributed by atoms with Crippen molar-refractivity contribution in [2.45, 2.75) is 39.0 Å². The van der Waals surface area contributed by atoms with Gasteiger partial charge in [0.25, 0.3) is 0 Å². The molecule has 2 rings (SSSR count). The van der Waals surface area contributed by atoms with Gasteiger partial charge in [-0.15, -0.1) is 11.6 Å². The molecule has 3 unspecified atom stereocenters. The number of amides is 1. The number of nitrogens with one attached hydrogen (secondary N) is 1. The number of halogens is 1. The fourth-order valence-electron chi connectivity index (χ4n) is 2.92. The van der Waals surface area contributed by atoms with Gasteiger partial charge < -0.3 is 5.32 Å². The lowest BCUT2D eigenvalue weighted by Gasteiger charge is -2.17. The molecule has 0 aromatic carbocycles. The van der Waals surface area contributed by atoms with E-state index in [4.69, 9.17) is 11.6 Å². The minimum absolute atomic E-state index is 0.292. The molecule has 0 heterocycles. The van der Waals surface area contributed by atoms with E-state index >= 15 is 0 Å². The lowest BCUT2D eigenvalue weighted by Crippen LogP contribution is -2.34. The van der Waals surface area contributed by atoms with E-state index in [1.165, 1.54) is 6.42 Å². The molecule has 3 atom stereocenters. The average Bonchev–Trinajstić information content (AvgIpc) is 2.91. The van der Waals surface area contributed by atoms with Crippen LogP contribution in [0.25, 0.3) is 0 Å². The standard InChI is InChI=1S/C13H22ClNO/c1-2-9(3-4-14)8-15-13(16)12-6-10-5-11(10)7-12/h9-12H,2-8H2,1H3,(H,15,16). The fraction of sp³-hybridized carbons (Fsp3) is 0.923. The first-order valence-electron chi connectivity index (χ1n) is 6.58. The van der Waals surface area contributed by atoms with Crippen molar-refractivity contribution in [2.75, 3.05) is 12.4 Å². The van der Waals surface area contributed by atoms with Crippen molar-refractivity contribution in [3.8, 4) is 0 Å². The molecular weight excluding hydrogens is 222 g/mol. The van der Waals surface area contributed by atoms with Crippen molar-refractivity contribution in [1.29, 1.82) is 0 Å². The maximum Gasteiger partial charge on any atom is 0.223 e. The van der Waals surface area contributed by atoms with Crippen molar-refractivity contribution >= 4 is 17.5 Å². The van der Waals surface area contributed by atoms with Crippen LogP contribution in [0.15, 0.2) is 0 Å². The zero-order chi connectivity index (χ0) is 11.5. The molecule has 2 fully saturated rings. The summed E-state index contributed by atoms with van der Waals surface area (Å²) < 4.78 is 0. The maximum atomic E-state index is 11.9. The highest BCUT2D eigenvalue weighted by molar-refractivity contribution is 6.17. The van der Waals surface area contributed by atoms with Gasteiger partial charge in [0, 0.05) is 18.3 Å². The number of fused-ring (bicyclic) bond motifs is 1. The quantitative estimate of drug-likeness (QED) is 0.715. The molecule has 0 aromatic rings. The van der Waals surface area contributed by atoms with Crippen molar-refractivity contribution in [3.63, 3.8) is 0 Å². The molecule has 0 aliphatic heterocycles. The summed E-state index contributed by atoms with van der Waals surface area (Å²) >= 11 is 5.73. The minimum atomic E-state index is 0.292. The lowest BCUT2D eigenvalue weighted by atomic mass is 10.0. The van der Waals surface area contributed by atoms with E-state index in [0.717, 1.165) is 44.1 Å². The molecule has 16 heavy (non-hydrogen) atoms. The third kappa shape index (κ3) is 2.91. The van der Waals surface area contributed by atoms with E-state index in [-0.39, 0.29) is 0 Å². The zero-order valence-corrected chi connectivity index (χ0v) is 10.8. The Hall–Kier alpha value is -0.240. The predicted octanol–water partition coefficient (Wildman–Crippen LogP) is 2.80. The summed E-state index contributed by atoms with van der Waals surface area (Å²) in [5.41, 5.74) is 0. The van der Waals surface area contributed by atoms with E-state index in [2.05, 4.69) is 12.2 Å². The Balaban J connectivity index is 1.66. The van der Waals surface area contributed by atoms with Gasteiger partial charge in [-0.25, -0.2) is 0 Å². The molecule has 0 bridgehead atoms. The van der Waals surface area contributed by atoms with Crippen LogP contribution in [0.1, 0.15) is 39.0 Å². The first-order chi connectivity index (χ1) is 7.74. The fourth-order valence-corrected chi connectivity index (χ4v) is 3.23. The summed E-state index contributed by atoms with van der Waals surface area (Å²) in [4.78, 5) is 11.9. The van der Waals surface area contributed by atoms with Gasteiger partial charge in [-0.05, 0) is 43.4 Å². The minimum Gasteiger partial charge on any atom is -0.356 e. The first kappa shape index (κ1) is 12.2. The van der Waals surface area contributed by atoms with Crippen LogP contribution in [0, 0.1) is 23.7 Å². The monoisotopic (exact) mass is 243 g/mol. The molecule has 0 spiro atoms. The third-order valence-corrected chi connectivity index (χ3v) is 4.49.